The number of hydrogen-bond donors (Lipinski definition) is 0. The van der Waals surface area contributed by atoms with Crippen LogP contribution in [0.3, 0.4) is 0 Å². The molecule has 1 saturated heterocycles. The molecule has 0 spiro atoms. The summed E-state index contributed by atoms with van der Waals surface area (Å²) in [6.45, 7) is 6.98. The second-order valence-electron chi connectivity index (χ2n) is 7.99. The summed E-state index contributed by atoms with van der Waals surface area (Å²) in [6.07, 6.45) is 3.29. The zero-order chi connectivity index (χ0) is 21.3. The van der Waals surface area contributed by atoms with E-state index in [-0.39, 0.29) is 23.3 Å². The summed E-state index contributed by atoms with van der Waals surface area (Å²) in [6, 6.07) is 13.6. The molecule has 4 rings (SSSR count). The Bertz CT molecular complexity index is 1150. The van der Waals surface area contributed by atoms with Crippen molar-refractivity contribution < 1.29 is 4.79 Å². The van der Waals surface area contributed by atoms with E-state index >= 15 is 0 Å². The molecular formula is C24H27N3O2S. The van der Waals surface area contributed by atoms with Crippen LogP contribution in [-0.4, -0.2) is 38.7 Å². The lowest BCUT2D eigenvalue weighted by atomic mass is 10.0. The van der Waals surface area contributed by atoms with Crippen LogP contribution in [0.15, 0.2) is 52.4 Å². The largest absolute Gasteiger partial charge is 0.339 e. The highest BCUT2D eigenvalue weighted by Crippen LogP contribution is 2.26. The van der Waals surface area contributed by atoms with Crippen molar-refractivity contribution in [3.05, 3.63) is 63.9 Å². The number of hydrogen-bond acceptors (Lipinski definition) is 4. The topological polar surface area (TPSA) is 55.2 Å². The molecule has 156 valence electrons. The molecule has 5 nitrogen and oxygen atoms in total. The van der Waals surface area contributed by atoms with Crippen LogP contribution in [-0.2, 0) is 4.79 Å². The van der Waals surface area contributed by atoms with Crippen molar-refractivity contribution in [3.8, 4) is 5.69 Å². The van der Waals surface area contributed by atoms with Gasteiger partial charge in [0.25, 0.3) is 5.56 Å². The fourth-order valence-electron chi connectivity index (χ4n) is 4.08. The number of carbonyl (C=O) groups is 1. The zero-order valence-corrected chi connectivity index (χ0v) is 18.5. The number of piperidine rings is 1. The van der Waals surface area contributed by atoms with E-state index in [2.05, 4.69) is 6.92 Å². The predicted octanol–water partition coefficient (Wildman–Crippen LogP) is 4.50. The Morgan fingerprint density at radius 3 is 2.73 bits per heavy atom. The third kappa shape index (κ3) is 3.88. The summed E-state index contributed by atoms with van der Waals surface area (Å²) in [5, 5.41) is 1.14. The molecule has 2 aromatic carbocycles. The van der Waals surface area contributed by atoms with Gasteiger partial charge in [-0.1, -0.05) is 36.0 Å². The molecule has 0 saturated carbocycles. The molecule has 1 aromatic heterocycles. The van der Waals surface area contributed by atoms with Crippen LogP contribution >= 0.6 is 11.8 Å². The zero-order valence-electron chi connectivity index (χ0n) is 17.7. The SMILES string of the molecule is Cc1cccc(-n2c(SCC(=O)N3CCCCC3C)nc3ccccc3c2=O)c1C. The summed E-state index contributed by atoms with van der Waals surface area (Å²) in [4.78, 5) is 33.1. The van der Waals surface area contributed by atoms with Gasteiger partial charge >= 0.3 is 0 Å². The Labute approximate surface area is 181 Å². The number of rotatable bonds is 4. The first-order valence-electron chi connectivity index (χ1n) is 10.5. The first kappa shape index (κ1) is 20.7. The van der Waals surface area contributed by atoms with Crippen molar-refractivity contribution in [2.24, 2.45) is 0 Å². The Morgan fingerprint density at radius 2 is 1.93 bits per heavy atom. The maximum absolute atomic E-state index is 13.4. The molecule has 2 heterocycles. The van der Waals surface area contributed by atoms with Gasteiger partial charge in [-0.05, 0) is 69.4 Å². The van der Waals surface area contributed by atoms with Gasteiger partial charge in [-0.15, -0.1) is 0 Å². The molecule has 0 N–H and O–H groups in total. The van der Waals surface area contributed by atoms with E-state index in [9.17, 15) is 9.59 Å². The Balaban J connectivity index is 1.75. The molecular weight excluding hydrogens is 394 g/mol. The van der Waals surface area contributed by atoms with E-state index in [1.54, 1.807) is 10.6 Å². The van der Waals surface area contributed by atoms with Crippen molar-refractivity contribution in [1.82, 2.24) is 14.5 Å². The number of nitrogens with zero attached hydrogens (tertiary/aromatic N) is 3. The first-order valence-corrected chi connectivity index (χ1v) is 11.5. The molecule has 1 atom stereocenters. The van der Waals surface area contributed by atoms with E-state index in [0.717, 1.165) is 36.2 Å². The average molecular weight is 422 g/mol. The van der Waals surface area contributed by atoms with Crippen molar-refractivity contribution in [2.75, 3.05) is 12.3 Å². The van der Waals surface area contributed by atoms with Gasteiger partial charge in [-0.2, -0.15) is 0 Å². The molecule has 1 fully saturated rings. The second kappa shape index (κ2) is 8.64. The monoisotopic (exact) mass is 421 g/mol. The van der Waals surface area contributed by atoms with E-state index in [1.165, 1.54) is 18.2 Å². The lowest BCUT2D eigenvalue weighted by molar-refractivity contribution is -0.131. The van der Waals surface area contributed by atoms with Crippen LogP contribution in [0.1, 0.15) is 37.3 Å². The van der Waals surface area contributed by atoms with Crippen LogP contribution in [0.25, 0.3) is 16.6 Å². The number of aromatic nitrogens is 2. The molecule has 1 aliphatic rings. The highest BCUT2D eigenvalue weighted by Gasteiger charge is 2.24. The number of aryl methyl sites for hydroxylation is 1. The van der Waals surface area contributed by atoms with Gasteiger partial charge in [0.2, 0.25) is 5.91 Å². The average Bonchev–Trinajstić information content (AvgIpc) is 2.75. The van der Waals surface area contributed by atoms with Crippen molar-refractivity contribution in [3.63, 3.8) is 0 Å². The summed E-state index contributed by atoms with van der Waals surface area (Å²) < 4.78 is 1.67. The molecule has 30 heavy (non-hydrogen) atoms. The minimum absolute atomic E-state index is 0.101. The Morgan fingerprint density at radius 1 is 1.13 bits per heavy atom. The summed E-state index contributed by atoms with van der Waals surface area (Å²) in [5.74, 6) is 0.391. The number of carbonyl (C=O) groups excluding carboxylic acids is 1. The smallest absolute Gasteiger partial charge is 0.266 e. The minimum atomic E-state index is -0.101. The fourth-order valence-corrected chi connectivity index (χ4v) is 4.97. The summed E-state index contributed by atoms with van der Waals surface area (Å²) in [5.41, 5.74) is 3.52. The molecule has 0 aliphatic carbocycles. The molecule has 6 heteroatoms. The van der Waals surface area contributed by atoms with E-state index < -0.39 is 0 Å². The standard InChI is InChI=1S/C24H27N3O2S/c1-16-9-8-13-21(18(16)3)27-23(29)19-11-4-5-12-20(19)25-24(27)30-15-22(28)26-14-7-6-10-17(26)2/h4-5,8-9,11-13,17H,6-7,10,14-15H2,1-3H3. The normalized spacial score (nSPS) is 16.8. The Hall–Kier alpha value is -2.60. The number of fused-ring (bicyclic) bond motifs is 1. The number of amides is 1. The molecule has 0 radical (unpaired) electrons. The third-order valence-corrected chi connectivity index (χ3v) is 6.93. The number of benzene rings is 2. The quantitative estimate of drug-likeness (QED) is 0.460. The highest BCUT2D eigenvalue weighted by molar-refractivity contribution is 7.99. The maximum Gasteiger partial charge on any atom is 0.266 e. The van der Waals surface area contributed by atoms with Crippen molar-refractivity contribution >= 4 is 28.6 Å². The minimum Gasteiger partial charge on any atom is -0.339 e. The molecule has 3 aromatic rings. The predicted molar refractivity (Wildman–Crippen MR) is 123 cm³/mol. The summed E-state index contributed by atoms with van der Waals surface area (Å²) in [7, 11) is 0. The van der Waals surface area contributed by atoms with Crippen molar-refractivity contribution in [1.29, 1.82) is 0 Å². The number of para-hydroxylation sites is 1. The summed E-state index contributed by atoms with van der Waals surface area (Å²) >= 11 is 1.35. The van der Waals surface area contributed by atoms with Crippen LogP contribution in [0, 0.1) is 13.8 Å². The fraction of sp³-hybridized carbons (Fsp3) is 0.375. The van der Waals surface area contributed by atoms with Gasteiger partial charge in [-0.25, -0.2) is 4.98 Å². The van der Waals surface area contributed by atoms with Crippen LogP contribution in [0.4, 0.5) is 0 Å². The Kier molecular flexibility index (Phi) is 5.95. The number of likely N-dealkylation sites (tertiary alicyclic amines) is 1. The molecule has 1 amide bonds. The molecule has 0 bridgehead atoms. The van der Waals surface area contributed by atoms with Gasteiger partial charge in [0.1, 0.15) is 0 Å². The van der Waals surface area contributed by atoms with Crippen LogP contribution in [0.2, 0.25) is 0 Å². The van der Waals surface area contributed by atoms with E-state index in [0.29, 0.717) is 16.1 Å². The van der Waals surface area contributed by atoms with Crippen molar-refractivity contribution in [2.45, 2.75) is 51.2 Å². The van der Waals surface area contributed by atoms with E-state index in [4.69, 9.17) is 4.98 Å². The molecule has 1 unspecified atom stereocenters. The number of thioether (sulfide) groups is 1. The highest BCUT2D eigenvalue weighted by atomic mass is 32.2. The van der Waals surface area contributed by atoms with Crippen LogP contribution in [0.5, 0.6) is 0 Å². The van der Waals surface area contributed by atoms with Gasteiger partial charge in [0, 0.05) is 12.6 Å². The third-order valence-electron chi connectivity index (χ3n) is 6.01. The van der Waals surface area contributed by atoms with Gasteiger partial charge in [-0.3, -0.25) is 14.2 Å². The first-order chi connectivity index (χ1) is 14.5. The second-order valence-corrected chi connectivity index (χ2v) is 8.93. The molecule has 1 aliphatic heterocycles. The van der Waals surface area contributed by atoms with Gasteiger partial charge < -0.3 is 4.90 Å². The lowest BCUT2D eigenvalue weighted by Crippen LogP contribution is -2.43. The maximum atomic E-state index is 13.4. The van der Waals surface area contributed by atoms with Crippen LogP contribution < -0.4 is 5.56 Å². The van der Waals surface area contributed by atoms with E-state index in [1.807, 2.05) is 55.1 Å². The lowest BCUT2D eigenvalue weighted by Gasteiger charge is -2.33. The van der Waals surface area contributed by atoms with Gasteiger partial charge in [0.05, 0.1) is 22.3 Å². The van der Waals surface area contributed by atoms with Gasteiger partial charge in [0.15, 0.2) is 5.16 Å².